The maximum atomic E-state index is 11.9. The molecule has 0 aromatic heterocycles. The lowest BCUT2D eigenvalue weighted by atomic mass is 10.1. The molecule has 1 unspecified atom stereocenters. The molecule has 0 bridgehead atoms. The standard InChI is InChI=1S/C14H18N2O2S/c1-10(17)19-9-12-6-14(18)16(8-12)7-11-3-2-4-13(15)5-11/h2-5,12H,6-9,15H2,1H3. The summed E-state index contributed by atoms with van der Waals surface area (Å²) in [6.45, 7) is 2.89. The molecule has 1 aromatic rings. The Morgan fingerprint density at radius 3 is 3.00 bits per heavy atom. The molecule has 1 amide bonds. The molecule has 1 aliphatic rings. The first-order valence-electron chi connectivity index (χ1n) is 6.30. The quantitative estimate of drug-likeness (QED) is 0.854. The summed E-state index contributed by atoms with van der Waals surface area (Å²) in [6.07, 6.45) is 0.544. The highest BCUT2D eigenvalue weighted by molar-refractivity contribution is 8.13. The van der Waals surface area contributed by atoms with Gasteiger partial charge in [-0.15, -0.1) is 0 Å². The molecule has 2 N–H and O–H groups in total. The van der Waals surface area contributed by atoms with Crippen LogP contribution in [0.15, 0.2) is 24.3 Å². The van der Waals surface area contributed by atoms with Crippen molar-refractivity contribution in [1.82, 2.24) is 4.90 Å². The highest BCUT2D eigenvalue weighted by atomic mass is 32.2. The van der Waals surface area contributed by atoms with Crippen LogP contribution in [0.3, 0.4) is 0 Å². The lowest BCUT2D eigenvalue weighted by Crippen LogP contribution is -2.24. The average molecular weight is 278 g/mol. The lowest BCUT2D eigenvalue weighted by molar-refractivity contribution is -0.128. The Morgan fingerprint density at radius 1 is 1.53 bits per heavy atom. The van der Waals surface area contributed by atoms with E-state index in [4.69, 9.17) is 5.73 Å². The SMILES string of the molecule is CC(=O)SCC1CC(=O)N(Cc2cccc(N)c2)C1. The van der Waals surface area contributed by atoms with Crippen LogP contribution in [-0.2, 0) is 16.1 Å². The van der Waals surface area contributed by atoms with Crippen molar-refractivity contribution in [2.24, 2.45) is 5.92 Å². The largest absolute Gasteiger partial charge is 0.399 e. The van der Waals surface area contributed by atoms with Crippen LogP contribution in [0.1, 0.15) is 18.9 Å². The van der Waals surface area contributed by atoms with Gasteiger partial charge in [0.05, 0.1) is 0 Å². The molecule has 2 rings (SSSR count). The van der Waals surface area contributed by atoms with Gasteiger partial charge >= 0.3 is 0 Å². The third-order valence-corrected chi connectivity index (χ3v) is 4.19. The lowest BCUT2D eigenvalue weighted by Gasteiger charge is -2.16. The van der Waals surface area contributed by atoms with Gasteiger partial charge in [-0.2, -0.15) is 0 Å². The van der Waals surface area contributed by atoms with Gasteiger partial charge in [-0.25, -0.2) is 0 Å². The van der Waals surface area contributed by atoms with Crippen LogP contribution < -0.4 is 5.73 Å². The molecular formula is C14H18N2O2S. The second-order valence-corrected chi connectivity index (χ2v) is 6.09. The minimum absolute atomic E-state index is 0.113. The van der Waals surface area contributed by atoms with E-state index >= 15 is 0 Å². The van der Waals surface area contributed by atoms with Crippen LogP contribution in [0.25, 0.3) is 0 Å². The molecular weight excluding hydrogens is 260 g/mol. The van der Waals surface area contributed by atoms with Crippen molar-refractivity contribution in [2.45, 2.75) is 19.9 Å². The van der Waals surface area contributed by atoms with Crippen LogP contribution >= 0.6 is 11.8 Å². The maximum absolute atomic E-state index is 11.9. The fourth-order valence-electron chi connectivity index (χ4n) is 2.27. The van der Waals surface area contributed by atoms with E-state index in [2.05, 4.69) is 0 Å². The molecule has 19 heavy (non-hydrogen) atoms. The Bertz CT molecular complexity index is 490. The normalized spacial score (nSPS) is 18.9. The van der Waals surface area contributed by atoms with E-state index in [1.165, 1.54) is 11.8 Å². The smallest absolute Gasteiger partial charge is 0.223 e. The zero-order chi connectivity index (χ0) is 13.8. The molecule has 1 aromatic carbocycles. The third-order valence-electron chi connectivity index (χ3n) is 3.14. The van der Waals surface area contributed by atoms with E-state index in [1.807, 2.05) is 29.2 Å². The molecule has 0 radical (unpaired) electrons. The number of nitrogens with zero attached hydrogens (tertiary/aromatic N) is 1. The first kappa shape index (κ1) is 13.9. The summed E-state index contributed by atoms with van der Waals surface area (Å²) in [5.41, 5.74) is 7.50. The maximum Gasteiger partial charge on any atom is 0.223 e. The summed E-state index contributed by atoms with van der Waals surface area (Å²) in [6, 6.07) is 7.60. The fourth-order valence-corrected chi connectivity index (χ4v) is 2.96. The Hall–Kier alpha value is -1.49. The zero-order valence-electron chi connectivity index (χ0n) is 11.0. The van der Waals surface area contributed by atoms with E-state index in [9.17, 15) is 9.59 Å². The van der Waals surface area contributed by atoms with E-state index < -0.39 is 0 Å². The highest BCUT2D eigenvalue weighted by Gasteiger charge is 2.29. The first-order valence-corrected chi connectivity index (χ1v) is 7.28. The highest BCUT2D eigenvalue weighted by Crippen LogP contribution is 2.24. The third kappa shape index (κ3) is 3.99. The van der Waals surface area contributed by atoms with E-state index in [0.29, 0.717) is 18.7 Å². The Morgan fingerprint density at radius 2 is 2.32 bits per heavy atom. The van der Waals surface area contributed by atoms with Gasteiger partial charge in [0.2, 0.25) is 5.91 Å². The monoisotopic (exact) mass is 278 g/mol. The van der Waals surface area contributed by atoms with E-state index in [1.54, 1.807) is 6.92 Å². The predicted octanol–water partition coefficient (Wildman–Crippen LogP) is 1.90. The summed E-state index contributed by atoms with van der Waals surface area (Å²) in [5.74, 6) is 1.17. The number of nitrogens with two attached hydrogens (primary N) is 1. The number of hydrogen-bond donors (Lipinski definition) is 1. The molecule has 1 heterocycles. The van der Waals surface area contributed by atoms with Gasteiger partial charge in [-0.3, -0.25) is 9.59 Å². The summed E-state index contributed by atoms with van der Waals surface area (Å²) in [4.78, 5) is 24.7. The number of benzene rings is 1. The first-order chi connectivity index (χ1) is 9.04. The summed E-state index contributed by atoms with van der Waals surface area (Å²) in [7, 11) is 0. The Kier molecular flexibility index (Phi) is 4.47. The molecule has 0 aliphatic carbocycles. The van der Waals surface area contributed by atoms with Crippen molar-refractivity contribution in [3.63, 3.8) is 0 Å². The number of carbonyl (C=O) groups is 2. The number of anilines is 1. The topological polar surface area (TPSA) is 63.4 Å². The van der Waals surface area contributed by atoms with Crippen molar-refractivity contribution in [3.05, 3.63) is 29.8 Å². The molecule has 0 spiro atoms. The Balaban J connectivity index is 1.91. The second kappa shape index (κ2) is 6.10. The number of thioether (sulfide) groups is 1. The summed E-state index contributed by atoms with van der Waals surface area (Å²) < 4.78 is 0. The van der Waals surface area contributed by atoms with E-state index in [-0.39, 0.29) is 16.9 Å². The molecule has 0 saturated carbocycles. The molecule has 102 valence electrons. The minimum atomic E-state index is 0.113. The van der Waals surface area contributed by atoms with Gasteiger partial charge in [0.1, 0.15) is 0 Å². The van der Waals surface area contributed by atoms with E-state index in [0.717, 1.165) is 17.9 Å². The average Bonchev–Trinajstić information content (AvgIpc) is 2.68. The number of carbonyl (C=O) groups excluding carboxylic acids is 2. The summed E-state index contributed by atoms with van der Waals surface area (Å²) >= 11 is 1.30. The number of rotatable bonds is 4. The van der Waals surface area contributed by atoms with Gasteiger partial charge < -0.3 is 10.6 Å². The molecule has 1 saturated heterocycles. The molecule has 5 heteroatoms. The van der Waals surface area contributed by atoms with Crippen molar-refractivity contribution in [1.29, 1.82) is 0 Å². The van der Waals surface area contributed by atoms with Crippen LogP contribution in [-0.4, -0.2) is 28.2 Å². The van der Waals surface area contributed by atoms with Gasteiger partial charge in [-0.1, -0.05) is 23.9 Å². The molecule has 1 atom stereocenters. The van der Waals surface area contributed by atoms with Gasteiger partial charge in [0, 0.05) is 37.9 Å². The molecule has 4 nitrogen and oxygen atoms in total. The number of amides is 1. The number of hydrogen-bond acceptors (Lipinski definition) is 4. The summed E-state index contributed by atoms with van der Waals surface area (Å²) in [5, 5.41) is 0.113. The van der Waals surface area contributed by atoms with Crippen molar-refractivity contribution >= 4 is 28.5 Å². The van der Waals surface area contributed by atoms with Gasteiger partial charge in [-0.05, 0) is 23.6 Å². The second-order valence-electron chi connectivity index (χ2n) is 4.89. The fraction of sp³-hybridized carbons (Fsp3) is 0.429. The zero-order valence-corrected chi connectivity index (χ0v) is 11.8. The van der Waals surface area contributed by atoms with Gasteiger partial charge in [0.25, 0.3) is 0 Å². The van der Waals surface area contributed by atoms with Crippen LogP contribution in [0.5, 0.6) is 0 Å². The van der Waals surface area contributed by atoms with Crippen molar-refractivity contribution in [3.8, 4) is 0 Å². The number of likely N-dealkylation sites (tertiary alicyclic amines) is 1. The Labute approximate surface area is 117 Å². The van der Waals surface area contributed by atoms with Crippen LogP contribution in [0, 0.1) is 5.92 Å². The number of nitrogen functional groups attached to an aromatic ring is 1. The molecule has 1 aliphatic heterocycles. The predicted molar refractivity (Wildman–Crippen MR) is 77.5 cm³/mol. The van der Waals surface area contributed by atoms with Crippen molar-refractivity contribution in [2.75, 3.05) is 18.0 Å². The van der Waals surface area contributed by atoms with Crippen LogP contribution in [0.4, 0.5) is 5.69 Å². The van der Waals surface area contributed by atoms with Crippen LogP contribution in [0.2, 0.25) is 0 Å². The van der Waals surface area contributed by atoms with Gasteiger partial charge in [0.15, 0.2) is 5.12 Å². The van der Waals surface area contributed by atoms with Crippen molar-refractivity contribution < 1.29 is 9.59 Å². The molecule has 1 fully saturated rings. The minimum Gasteiger partial charge on any atom is -0.399 e.